The Balaban J connectivity index is 2.13. The van der Waals surface area contributed by atoms with E-state index in [0.29, 0.717) is 6.54 Å². The van der Waals surface area contributed by atoms with E-state index in [1.807, 2.05) is 13.8 Å². The fourth-order valence-corrected chi connectivity index (χ4v) is 2.69. The Morgan fingerprint density at radius 2 is 2.05 bits per heavy atom. The fraction of sp³-hybridized carbons (Fsp3) is 0.333. The van der Waals surface area contributed by atoms with Crippen molar-refractivity contribution in [3.63, 3.8) is 0 Å². The molecule has 0 radical (unpaired) electrons. The quantitative estimate of drug-likeness (QED) is 0.908. The highest BCUT2D eigenvalue weighted by atomic mass is 35.5. The van der Waals surface area contributed by atoms with E-state index in [1.165, 1.54) is 0 Å². The van der Waals surface area contributed by atoms with Gasteiger partial charge in [0.05, 0.1) is 27.8 Å². The molecule has 0 unspecified atom stereocenters. The van der Waals surface area contributed by atoms with Crippen molar-refractivity contribution in [3.8, 4) is 0 Å². The molecule has 108 valence electrons. The molecule has 1 N–H and O–H groups in total. The molecule has 2 heterocycles. The van der Waals surface area contributed by atoms with Crippen molar-refractivity contribution >= 4 is 28.8 Å². The smallest absolute Gasteiger partial charge is 0.363 e. The summed E-state index contributed by atoms with van der Waals surface area (Å²) in [4.78, 5) is 9.08. The maximum Gasteiger partial charge on any atom is 0.417 e. The molecule has 0 aliphatic heterocycles. The van der Waals surface area contributed by atoms with Crippen molar-refractivity contribution in [1.29, 1.82) is 0 Å². The molecule has 2 aromatic rings. The number of aromatic nitrogens is 2. The zero-order valence-electron chi connectivity index (χ0n) is 10.7. The summed E-state index contributed by atoms with van der Waals surface area (Å²) in [6.07, 6.45) is -3.69. The number of alkyl halides is 3. The molecule has 20 heavy (non-hydrogen) atoms. The highest BCUT2D eigenvalue weighted by Crippen LogP contribution is 2.32. The maximum atomic E-state index is 12.5. The van der Waals surface area contributed by atoms with E-state index >= 15 is 0 Å². The first-order valence-electron chi connectivity index (χ1n) is 5.67. The monoisotopic (exact) mass is 321 g/mol. The summed E-state index contributed by atoms with van der Waals surface area (Å²) in [5.74, 6) is 0.213. The lowest BCUT2D eigenvalue weighted by atomic mass is 10.2. The maximum absolute atomic E-state index is 12.5. The second-order valence-electron chi connectivity index (χ2n) is 4.14. The van der Waals surface area contributed by atoms with Crippen molar-refractivity contribution in [1.82, 2.24) is 9.97 Å². The summed E-state index contributed by atoms with van der Waals surface area (Å²) >= 11 is 7.36. The van der Waals surface area contributed by atoms with Crippen molar-refractivity contribution in [2.75, 3.05) is 5.32 Å². The SMILES string of the molecule is Cc1nc(CNc2ncc(C(F)(F)F)cc2Cl)c(C)s1. The standard InChI is InChI=1S/C12H11ClF3N3S/c1-6-10(19-7(2)20-6)5-18-11-9(13)3-8(4-17-11)12(14,15)16/h3-4H,5H2,1-2H3,(H,17,18). The van der Waals surface area contributed by atoms with Crippen LogP contribution in [0.2, 0.25) is 5.02 Å². The normalized spacial score (nSPS) is 11.7. The van der Waals surface area contributed by atoms with Crippen LogP contribution in [-0.4, -0.2) is 9.97 Å². The van der Waals surface area contributed by atoms with Gasteiger partial charge in [0.2, 0.25) is 0 Å². The van der Waals surface area contributed by atoms with Crippen LogP contribution in [0.15, 0.2) is 12.3 Å². The van der Waals surface area contributed by atoms with Gasteiger partial charge in [-0.15, -0.1) is 11.3 Å². The second-order valence-corrected chi connectivity index (χ2v) is 5.96. The number of pyridine rings is 1. The summed E-state index contributed by atoms with van der Waals surface area (Å²) < 4.78 is 37.4. The fourth-order valence-electron chi connectivity index (χ4n) is 1.63. The van der Waals surface area contributed by atoms with Gasteiger partial charge in [0.25, 0.3) is 0 Å². The van der Waals surface area contributed by atoms with Gasteiger partial charge in [0.1, 0.15) is 5.82 Å². The molecule has 0 saturated heterocycles. The Morgan fingerprint density at radius 3 is 2.55 bits per heavy atom. The van der Waals surface area contributed by atoms with Crippen molar-refractivity contribution in [2.24, 2.45) is 0 Å². The number of thiazole rings is 1. The Morgan fingerprint density at radius 1 is 1.35 bits per heavy atom. The van der Waals surface area contributed by atoms with Gasteiger partial charge in [0.15, 0.2) is 0 Å². The number of hydrogen-bond donors (Lipinski definition) is 1. The minimum Gasteiger partial charge on any atom is -0.363 e. The molecule has 0 aliphatic rings. The Labute approximate surface area is 122 Å². The Hall–Kier alpha value is -1.34. The van der Waals surface area contributed by atoms with Gasteiger partial charge < -0.3 is 5.32 Å². The number of anilines is 1. The van der Waals surface area contributed by atoms with E-state index < -0.39 is 11.7 Å². The third-order valence-corrected chi connectivity index (χ3v) is 3.81. The number of nitrogens with one attached hydrogen (secondary N) is 1. The summed E-state index contributed by atoms with van der Waals surface area (Å²) in [5, 5.41) is 3.77. The summed E-state index contributed by atoms with van der Waals surface area (Å²) in [6, 6.07) is 0.857. The summed E-state index contributed by atoms with van der Waals surface area (Å²) in [5.41, 5.74) is -0.0287. The van der Waals surface area contributed by atoms with Crippen molar-refractivity contribution in [2.45, 2.75) is 26.6 Å². The molecule has 0 fully saturated rings. The third kappa shape index (κ3) is 3.40. The molecular formula is C12H11ClF3N3S. The minimum absolute atomic E-state index is 0.0653. The zero-order chi connectivity index (χ0) is 14.9. The third-order valence-electron chi connectivity index (χ3n) is 2.59. The summed E-state index contributed by atoms with van der Waals surface area (Å²) in [6.45, 7) is 4.20. The van der Waals surface area contributed by atoms with Gasteiger partial charge in [-0.2, -0.15) is 13.2 Å². The Bertz CT molecular complexity index is 625. The molecule has 8 heteroatoms. The summed E-state index contributed by atoms with van der Waals surface area (Å²) in [7, 11) is 0. The van der Waals surface area contributed by atoms with Crippen LogP contribution in [0.5, 0.6) is 0 Å². The average molecular weight is 322 g/mol. The van der Waals surface area contributed by atoms with E-state index in [9.17, 15) is 13.2 Å². The van der Waals surface area contributed by atoms with Crippen LogP contribution >= 0.6 is 22.9 Å². The molecular weight excluding hydrogens is 311 g/mol. The second kappa shape index (κ2) is 5.57. The molecule has 0 bridgehead atoms. The molecule has 0 aliphatic carbocycles. The number of nitrogens with zero attached hydrogens (tertiary/aromatic N) is 2. The van der Waals surface area contributed by atoms with E-state index in [0.717, 1.165) is 27.8 Å². The predicted octanol–water partition coefficient (Wildman–Crippen LogP) is 4.44. The van der Waals surface area contributed by atoms with Crippen molar-refractivity contribution < 1.29 is 13.2 Å². The number of rotatable bonds is 3. The average Bonchev–Trinajstić information content (AvgIpc) is 2.65. The first-order valence-corrected chi connectivity index (χ1v) is 6.86. The van der Waals surface area contributed by atoms with Gasteiger partial charge >= 0.3 is 6.18 Å². The van der Waals surface area contributed by atoms with Gasteiger partial charge in [-0.3, -0.25) is 0 Å². The molecule has 0 spiro atoms. The van der Waals surface area contributed by atoms with Gasteiger partial charge in [-0.25, -0.2) is 9.97 Å². The van der Waals surface area contributed by atoms with E-state index in [2.05, 4.69) is 15.3 Å². The number of aryl methyl sites for hydroxylation is 2. The van der Waals surface area contributed by atoms with E-state index in [-0.39, 0.29) is 10.8 Å². The lowest BCUT2D eigenvalue weighted by Crippen LogP contribution is -2.08. The van der Waals surface area contributed by atoms with E-state index in [4.69, 9.17) is 11.6 Å². The van der Waals surface area contributed by atoms with Gasteiger partial charge in [0, 0.05) is 11.1 Å². The van der Waals surface area contributed by atoms with Crippen LogP contribution in [0.25, 0.3) is 0 Å². The Kier molecular flexibility index (Phi) is 4.19. The van der Waals surface area contributed by atoms with Crippen LogP contribution in [0.1, 0.15) is 21.1 Å². The number of halogens is 4. The zero-order valence-corrected chi connectivity index (χ0v) is 12.2. The molecule has 2 aromatic heterocycles. The molecule has 0 amide bonds. The largest absolute Gasteiger partial charge is 0.417 e. The highest BCUT2D eigenvalue weighted by molar-refractivity contribution is 7.11. The predicted molar refractivity (Wildman–Crippen MR) is 73.2 cm³/mol. The highest BCUT2D eigenvalue weighted by Gasteiger charge is 2.31. The van der Waals surface area contributed by atoms with Crippen LogP contribution in [0, 0.1) is 13.8 Å². The first kappa shape index (κ1) is 15.1. The van der Waals surface area contributed by atoms with Gasteiger partial charge in [-0.1, -0.05) is 11.6 Å². The van der Waals surface area contributed by atoms with Crippen LogP contribution < -0.4 is 5.32 Å². The molecule has 0 atom stereocenters. The molecule has 3 nitrogen and oxygen atoms in total. The van der Waals surface area contributed by atoms with Crippen molar-refractivity contribution in [3.05, 3.63) is 38.4 Å². The van der Waals surface area contributed by atoms with Crippen LogP contribution in [0.3, 0.4) is 0 Å². The molecule has 2 rings (SSSR count). The lowest BCUT2D eigenvalue weighted by molar-refractivity contribution is -0.137. The lowest BCUT2D eigenvalue weighted by Gasteiger charge is -2.10. The molecule has 0 saturated carbocycles. The van der Waals surface area contributed by atoms with E-state index in [1.54, 1.807) is 11.3 Å². The van der Waals surface area contributed by atoms with Gasteiger partial charge in [-0.05, 0) is 19.9 Å². The first-order chi connectivity index (χ1) is 9.27. The number of hydrogen-bond acceptors (Lipinski definition) is 4. The molecule has 0 aromatic carbocycles. The van der Waals surface area contributed by atoms with Crippen LogP contribution in [-0.2, 0) is 12.7 Å². The minimum atomic E-state index is -4.45. The van der Waals surface area contributed by atoms with Crippen LogP contribution in [0.4, 0.5) is 19.0 Å². The topological polar surface area (TPSA) is 37.8 Å².